The first-order chi connectivity index (χ1) is 44.4. The van der Waals surface area contributed by atoms with Crippen molar-refractivity contribution in [2.45, 2.75) is 394 Å². The number of hydrogen-bond acceptors (Lipinski definition) is 15. The van der Waals surface area contributed by atoms with Gasteiger partial charge in [-0.3, -0.25) is 37.3 Å². The van der Waals surface area contributed by atoms with Gasteiger partial charge in [-0.25, -0.2) is 9.13 Å². The van der Waals surface area contributed by atoms with Gasteiger partial charge >= 0.3 is 39.5 Å². The van der Waals surface area contributed by atoms with Crippen LogP contribution in [0.25, 0.3) is 0 Å². The minimum absolute atomic E-state index is 0.105. The third kappa shape index (κ3) is 65.4. The predicted octanol–water partition coefficient (Wildman–Crippen LogP) is 21.2. The van der Waals surface area contributed by atoms with Gasteiger partial charge in [-0.2, -0.15) is 0 Å². The van der Waals surface area contributed by atoms with Gasteiger partial charge in [0, 0.05) is 25.7 Å². The molecule has 546 valence electrons. The van der Waals surface area contributed by atoms with Crippen molar-refractivity contribution in [2.75, 3.05) is 39.6 Å². The van der Waals surface area contributed by atoms with Crippen molar-refractivity contribution in [1.29, 1.82) is 0 Å². The molecule has 19 heteroatoms. The lowest BCUT2D eigenvalue weighted by Gasteiger charge is -2.21. The molecule has 0 heterocycles. The Labute approximate surface area is 562 Å². The van der Waals surface area contributed by atoms with E-state index >= 15 is 0 Å². The minimum atomic E-state index is -4.95. The summed E-state index contributed by atoms with van der Waals surface area (Å²) in [6.07, 6.45) is 51.3. The number of hydrogen-bond donors (Lipinski definition) is 3. The second-order valence-corrected chi connectivity index (χ2v) is 30.0. The van der Waals surface area contributed by atoms with E-state index in [4.69, 9.17) is 37.0 Å². The van der Waals surface area contributed by atoms with E-state index in [2.05, 4.69) is 41.5 Å². The lowest BCUT2D eigenvalue weighted by atomic mass is 9.99. The van der Waals surface area contributed by atoms with Crippen LogP contribution < -0.4 is 0 Å². The fourth-order valence-electron chi connectivity index (χ4n) is 11.1. The van der Waals surface area contributed by atoms with E-state index in [1.54, 1.807) is 0 Å². The normalized spacial score (nSPS) is 14.4. The molecule has 3 N–H and O–H groups in total. The van der Waals surface area contributed by atoms with E-state index in [0.29, 0.717) is 25.7 Å². The van der Waals surface area contributed by atoms with E-state index in [1.165, 1.54) is 193 Å². The highest BCUT2D eigenvalue weighted by Crippen LogP contribution is 2.45. The van der Waals surface area contributed by atoms with Crippen molar-refractivity contribution in [3.8, 4) is 0 Å². The molecule has 0 bridgehead atoms. The summed E-state index contributed by atoms with van der Waals surface area (Å²) in [7, 11) is -9.90. The number of aliphatic hydroxyl groups excluding tert-OH is 1. The second kappa shape index (κ2) is 65.0. The van der Waals surface area contributed by atoms with Gasteiger partial charge in [0.15, 0.2) is 12.2 Å². The predicted molar refractivity (Wildman–Crippen MR) is 372 cm³/mol. The van der Waals surface area contributed by atoms with Crippen LogP contribution in [-0.2, 0) is 65.4 Å². The monoisotopic (exact) mass is 1350 g/mol. The average molecular weight is 1350 g/mol. The Morgan fingerprint density at radius 2 is 0.554 bits per heavy atom. The number of carbonyl (C=O) groups excluding carboxylic acids is 4. The molecule has 17 nitrogen and oxygen atoms in total. The molecule has 0 rings (SSSR count). The third-order valence-corrected chi connectivity index (χ3v) is 19.2. The molecule has 0 spiro atoms. The zero-order chi connectivity index (χ0) is 67.9. The average Bonchev–Trinajstić information content (AvgIpc) is 2.58. The maximum atomic E-state index is 13.1. The molecule has 0 aliphatic heterocycles. The van der Waals surface area contributed by atoms with Gasteiger partial charge in [-0.05, 0) is 37.5 Å². The summed E-state index contributed by atoms with van der Waals surface area (Å²) in [5.41, 5.74) is 0. The number of phosphoric ester groups is 2. The number of ether oxygens (including phenoxy) is 4. The number of unbranched alkanes of at least 4 members (excludes halogenated alkanes) is 41. The van der Waals surface area contributed by atoms with Gasteiger partial charge in [0.2, 0.25) is 0 Å². The topological polar surface area (TPSA) is 237 Å². The van der Waals surface area contributed by atoms with Crippen molar-refractivity contribution in [2.24, 2.45) is 11.8 Å². The molecule has 0 aliphatic carbocycles. The zero-order valence-corrected chi connectivity index (χ0v) is 61.6. The Kier molecular flexibility index (Phi) is 63.7. The van der Waals surface area contributed by atoms with Crippen LogP contribution in [0.2, 0.25) is 0 Å². The zero-order valence-electron chi connectivity index (χ0n) is 59.9. The Morgan fingerprint density at radius 3 is 0.826 bits per heavy atom. The fraction of sp³-hybridized carbons (Fsp3) is 0.945. The highest BCUT2D eigenvalue weighted by molar-refractivity contribution is 7.47. The molecule has 0 aliphatic rings. The van der Waals surface area contributed by atoms with Gasteiger partial charge in [0.1, 0.15) is 19.3 Å². The lowest BCUT2D eigenvalue weighted by Crippen LogP contribution is -2.30. The van der Waals surface area contributed by atoms with Gasteiger partial charge in [0.05, 0.1) is 26.4 Å². The second-order valence-electron chi connectivity index (χ2n) is 27.1. The minimum Gasteiger partial charge on any atom is -0.462 e. The molecule has 0 radical (unpaired) electrons. The molecule has 0 amide bonds. The number of carbonyl (C=O) groups is 4. The van der Waals surface area contributed by atoms with Gasteiger partial charge in [-0.15, -0.1) is 0 Å². The number of esters is 4. The molecule has 0 fully saturated rings. The first-order valence-corrected chi connectivity index (χ1v) is 41.0. The summed E-state index contributed by atoms with van der Waals surface area (Å²) in [5.74, 6) is -0.625. The van der Waals surface area contributed by atoms with Crippen LogP contribution in [-0.4, -0.2) is 96.7 Å². The highest BCUT2D eigenvalue weighted by atomic mass is 31.2. The van der Waals surface area contributed by atoms with E-state index in [-0.39, 0.29) is 25.7 Å². The molecule has 0 aromatic heterocycles. The highest BCUT2D eigenvalue weighted by Gasteiger charge is 2.30. The maximum absolute atomic E-state index is 13.1. The van der Waals surface area contributed by atoms with E-state index in [9.17, 15) is 43.2 Å². The molecule has 0 aromatic carbocycles. The molecule has 0 saturated heterocycles. The van der Waals surface area contributed by atoms with Crippen molar-refractivity contribution >= 4 is 39.5 Å². The van der Waals surface area contributed by atoms with Crippen molar-refractivity contribution in [1.82, 2.24) is 0 Å². The molecule has 92 heavy (non-hydrogen) atoms. The molecule has 0 saturated carbocycles. The standard InChI is InChI=1S/C73H142O17P2/c1-7-10-12-14-16-18-20-21-22-23-24-25-26-28-30-39-45-51-57-72(77)89-68(62-84-71(76)56-50-44-38-34-32-36-42-48-54-66(6)9-3)63-87-91(79,80)85-59-67(74)60-86-92(81,82)88-64-69(90-73(78)58-52-46-40-33-31-35-41-47-53-65(4)5)61-83-70(75)55-49-43-37-29-27-19-17-15-13-11-8-2/h65-69,74H,7-64H2,1-6H3,(H,79,80)(H,81,82)/t66?,67-,68-,69-/m1/s1. The van der Waals surface area contributed by atoms with Gasteiger partial charge in [0.25, 0.3) is 0 Å². The molecular formula is C73H142O17P2. The van der Waals surface area contributed by atoms with Crippen molar-refractivity contribution in [3.05, 3.63) is 0 Å². The molecule has 0 aromatic rings. The van der Waals surface area contributed by atoms with Crippen LogP contribution in [0, 0.1) is 11.8 Å². The van der Waals surface area contributed by atoms with Crippen molar-refractivity contribution < 1.29 is 80.2 Å². The smallest absolute Gasteiger partial charge is 0.462 e. The summed E-state index contributed by atoms with van der Waals surface area (Å²) in [6, 6.07) is 0. The molecule has 6 atom stereocenters. The lowest BCUT2D eigenvalue weighted by molar-refractivity contribution is -0.161. The Bertz CT molecular complexity index is 1790. The van der Waals surface area contributed by atoms with E-state index in [1.807, 2.05) is 0 Å². The van der Waals surface area contributed by atoms with Crippen LogP contribution >= 0.6 is 15.6 Å². The Balaban J connectivity index is 5.23. The van der Waals surface area contributed by atoms with Crippen LogP contribution in [0.15, 0.2) is 0 Å². The Morgan fingerprint density at radius 1 is 0.315 bits per heavy atom. The summed E-state index contributed by atoms with van der Waals surface area (Å²) in [4.78, 5) is 72.7. The number of phosphoric acid groups is 2. The summed E-state index contributed by atoms with van der Waals surface area (Å²) >= 11 is 0. The van der Waals surface area contributed by atoms with Crippen molar-refractivity contribution in [3.63, 3.8) is 0 Å². The molecule has 3 unspecified atom stereocenters. The quantitative estimate of drug-likeness (QED) is 0.0222. The summed E-state index contributed by atoms with van der Waals surface area (Å²) < 4.78 is 68.4. The Hall–Kier alpha value is -1.94. The van der Waals surface area contributed by atoms with E-state index < -0.39 is 97.5 Å². The largest absolute Gasteiger partial charge is 0.472 e. The van der Waals surface area contributed by atoms with Gasteiger partial charge < -0.3 is 33.8 Å². The first kappa shape index (κ1) is 90.1. The van der Waals surface area contributed by atoms with Crippen LogP contribution in [0.5, 0.6) is 0 Å². The number of rotatable bonds is 72. The van der Waals surface area contributed by atoms with E-state index in [0.717, 1.165) is 102 Å². The molecular weight excluding hydrogens is 1210 g/mol. The van der Waals surface area contributed by atoms with Crippen LogP contribution in [0.1, 0.15) is 375 Å². The van der Waals surface area contributed by atoms with Crippen LogP contribution in [0.4, 0.5) is 0 Å². The van der Waals surface area contributed by atoms with Crippen LogP contribution in [0.3, 0.4) is 0 Å². The summed E-state index contributed by atoms with van der Waals surface area (Å²) in [6.45, 7) is 9.53. The number of aliphatic hydroxyl groups is 1. The van der Waals surface area contributed by atoms with Gasteiger partial charge in [-0.1, -0.05) is 324 Å². The maximum Gasteiger partial charge on any atom is 0.472 e. The summed E-state index contributed by atoms with van der Waals surface area (Å²) in [5, 5.41) is 10.6. The third-order valence-electron chi connectivity index (χ3n) is 17.3. The SMILES string of the molecule is CCCCCCCCCCCCCCCCCCCCC(=O)O[C@H](COC(=O)CCCCCCCCCCC(C)CC)COP(=O)(O)OC[C@@H](O)COP(=O)(O)OC[C@@H](COC(=O)CCCCCCCCCCCCC)OC(=O)CCCCCCCCCCC(C)C. The fourth-order valence-corrected chi connectivity index (χ4v) is 12.7. The first-order valence-electron chi connectivity index (χ1n) is 38.0.